The molecule has 1 aromatic carbocycles. The van der Waals surface area contributed by atoms with Crippen LogP contribution in [-0.2, 0) is 19.0 Å². The normalized spacial score (nSPS) is 21.1. The van der Waals surface area contributed by atoms with Crippen LogP contribution in [0.3, 0.4) is 0 Å². The Bertz CT molecular complexity index is 803. The van der Waals surface area contributed by atoms with Crippen LogP contribution in [0.4, 0.5) is 4.79 Å². The summed E-state index contributed by atoms with van der Waals surface area (Å²) in [6.45, 7) is 14.4. The molecular formula is C22H35NO5S. The van der Waals surface area contributed by atoms with E-state index in [9.17, 15) is 13.2 Å². The van der Waals surface area contributed by atoms with Crippen molar-refractivity contribution < 1.29 is 22.1 Å². The van der Waals surface area contributed by atoms with Gasteiger partial charge in [0.25, 0.3) is 10.1 Å². The van der Waals surface area contributed by atoms with Crippen LogP contribution in [0.25, 0.3) is 0 Å². The van der Waals surface area contributed by atoms with E-state index in [1.807, 2.05) is 27.7 Å². The van der Waals surface area contributed by atoms with Crippen LogP contribution < -0.4 is 0 Å². The molecule has 164 valence electrons. The Kier molecular flexibility index (Phi) is 7.05. The monoisotopic (exact) mass is 425 g/mol. The molecule has 0 spiro atoms. The second kappa shape index (κ2) is 8.64. The summed E-state index contributed by atoms with van der Waals surface area (Å²) in [4.78, 5) is 14.6. The number of rotatable bonds is 4. The first-order valence-corrected chi connectivity index (χ1v) is 11.6. The second-order valence-corrected chi connectivity index (χ2v) is 11.6. The molecule has 1 aromatic rings. The van der Waals surface area contributed by atoms with Crippen molar-refractivity contribution >= 4 is 16.2 Å². The maximum atomic E-state index is 12.7. The van der Waals surface area contributed by atoms with Crippen LogP contribution >= 0.6 is 0 Å². The minimum absolute atomic E-state index is 0.0538. The van der Waals surface area contributed by atoms with Gasteiger partial charge in [-0.25, -0.2) is 4.79 Å². The zero-order valence-corrected chi connectivity index (χ0v) is 19.5. The zero-order chi connectivity index (χ0) is 22.0. The van der Waals surface area contributed by atoms with E-state index in [-0.39, 0.29) is 35.0 Å². The van der Waals surface area contributed by atoms with Gasteiger partial charge in [0.15, 0.2) is 0 Å². The van der Waals surface area contributed by atoms with Gasteiger partial charge in [0.1, 0.15) is 5.60 Å². The van der Waals surface area contributed by atoms with Crippen molar-refractivity contribution in [2.45, 2.75) is 77.8 Å². The van der Waals surface area contributed by atoms with Gasteiger partial charge in [-0.15, -0.1) is 0 Å². The molecule has 1 amide bonds. The summed E-state index contributed by atoms with van der Waals surface area (Å²) < 4.78 is 35.9. The number of carbonyl (C=O) groups excluding carboxylic acids is 1. The largest absolute Gasteiger partial charge is 0.444 e. The van der Waals surface area contributed by atoms with Crippen LogP contribution in [0.15, 0.2) is 29.2 Å². The number of likely N-dealkylation sites (tertiary alicyclic amines) is 1. The molecule has 0 bridgehead atoms. The van der Waals surface area contributed by atoms with E-state index in [0.29, 0.717) is 19.4 Å². The Morgan fingerprint density at radius 2 is 1.69 bits per heavy atom. The van der Waals surface area contributed by atoms with Crippen LogP contribution in [0.1, 0.15) is 59.9 Å². The van der Waals surface area contributed by atoms with Crippen LogP contribution in [0, 0.1) is 18.3 Å². The molecule has 2 atom stereocenters. The topological polar surface area (TPSA) is 72.9 Å². The summed E-state index contributed by atoms with van der Waals surface area (Å²) in [7, 11) is -3.79. The van der Waals surface area contributed by atoms with E-state index < -0.39 is 15.7 Å². The number of nitrogens with zero attached hydrogens (tertiary/aromatic N) is 1. The predicted octanol–water partition coefficient (Wildman–Crippen LogP) is 4.76. The van der Waals surface area contributed by atoms with Gasteiger partial charge < -0.3 is 9.64 Å². The highest BCUT2D eigenvalue weighted by Crippen LogP contribution is 2.36. The predicted molar refractivity (Wildman–Crippen MR) is 113 cm³/mol. The smallest absolute Gasteiger partial charge is 0.410 e. The van der Waals surface area contributed by atoms with Gasteiger partial charge in [0.05, 0.1) is 11.5 Å². The Morgan fingerprint density at radius 3 is 2.21 bits per heavy atom. The number of aryl methyl sites for hydroxylation is 1. The van der Waals surface area contributed by atoms with Crippen LogP contribution in [0.2, 0.25) is 0 Å². The molecule has 7 heteroatoms. The molecule has 2 rings (SSSR count). The molecular weight excluding hydrogens is 390 g/mol. The Labute approximate surface area is 175 Å². The fraction of sp³-hybridized carbons (Fsp3) is 0.682. The average Bonchev–Trinajstić information content (AvgIpc) is 2.58. The van der Waals surface area contributed by atoms with Crippen molar-refractivity contribution in [1.29, 1.82) is 0 Å². The van der Waals surface area contributed by atoms with Crippen molar-refractivity contribution in [1.82, 2.24) is 4.90 Å². The van der Waals surface area contributed by atoms with Gasteiger partial charge in [0, 0.05) is 12.6 Å². The van der Waals surface area contributed by atoms with Crippen LogP contribution in [-0.4, -0.2) is 44.2 Å². The quantitative estimate of drug-likeness (QED) is 0.650. The number of ether oxygens (including phenoxy) is 1. The summed E-state index contributed by atoms with van der Waals surface area (Å²) in [5, 5.41) is 0. The standard InChI is InChI=1S/C22H35NO5S/c1-16-8-10-18(11-9-16)29(25,26)27-15-17-12-13-23(19(14-17)21(2,3)4)20(24)28-22(5,6)7/h8-11,17,19H,12-15H2,1-7H3. The molecule has 29 heavy (non-hydrogen) atoms. The number of hydrogen-bond acceptors (Lipinski definition) is 5. The average molecular weight is 426 g/mol. The number of amides is 1. The summed E-state index contributed by atoms with van der Waals surface area (Å²) in [5.41, 5.74) is 0.277. The third-order valence-electron chi connectivity index (χ3n) is 5.11. The number of benzene rings is 1. The lowest BCUT2D eigenvalue weighted by atomic mass is 9.77. The number of piperidine rings is 1. The molecule has 0 saturated carbocycles. The fourth-order valence-electron chi connectivity index (χ4n) is 3.51. The second-order valence-electron chi connectivity index (χ2n) is 10.00. The molecule has 1 aliphatic rings. The van der Waals surface area contributed by atoms with Gasteiger partial charge in [-0.05, 0) is 64.0 Å². The summed E-state index contributed by atoms with van der Waals surface area (Å²) >= 11 is 0. The first-order chi connectivity index (χ1) is 13.2. The SMILES string of the molecule is Cc1ccc(S(=O)(=O)OCC2CCN(C(=O)OC(C)(C)C)C(C(C)(C)C)C2)cc1. The van der Waals surface area contributed by atoms with Gasteiger partial charge in [-0.1, -0.05) is 38.5 Å². The minimum atomic E-state index is -3.79. The first kappa shape index (κ1) is 23.7. The molecule has 0 N–H and O–H groups in total. The van der Waals surface area contributed by atoms with Crippen molar-refractivity contribution in [2.24, 2.45) is 11.3 Å². The first-order valence-electron chi connectivity index (χ1n) is 10.1. The van der Waals surface area contributed by atoms with E-state index in [4.69, 9.17) is 8.92 Å². The lowest BCUT2D eigenvalue weighted by molar-refractivity contribution is -0.0188. The Morgan fingerprint density at radius 1 is 1.10 bits per heavy atom. The van der Waals surface area contributed by atoms with E-state index in [0.717, 1.165) is 5.56 Å². The molecule has 1 saturated heterocycles. The molecule has 2 unspecified atom stereocenters. The van der Waals surface area contributed by atoms with E-state index in [1.54, 1.807) is 29.2 Å². The fourth-order valence-corrected chi connectivity index (χ4v) is 4.49. The van der Waals surface area contributed by atoms with Crippen LogP contribution in [0.5, 0.6) is 0 Å². The lowest BCUT2D eigenvalue weighted by Gasteiger charge is -2.45. The highest BCUT2D eigenvalue weighted by atomic mass is 32.2. The third-order valence-corrected chi connectivity index (χ3v) is 6.40. The highest BCUT2D eigenvalue weighted by Gasteiger charge is 2.40. The molecule has 0 radical (unpaired) electrons. The summed E-state index contributed by atoms with van der Waals surface area (Å²) in [6.07, 6.45) is 1.03. The van der Waals surface area contributed by atoms with Crippen molar-refractivity contribution in [3.63, 3.8) is 0 Å². The summed E-state index contributed by atoms with van der Waals surface area (Å²) in [6, 6.07) is 6.58. The Hall–Kier alpha value is -1.60. The van der Waals surface area contributed by atoms with E-state index >= 15 is 0 Å². The van der Waals surface area contributed by atoms with Gasteiger partial charge in [-0.3, -0.25) is 4.18 Å². The van der Waals surface area contributed by atoms with Crippen molar-refractivity contribution in [3.8, 4) is 0 Å². The highest BCUT2D eigenvalue weighted by molar-refractivity contribution is 7.86. The maximum Gasteiger partial charge on any atom is 0.410 e. The number of hydrogen-bond donors (Lipinski definition) is 0. The molecule has 1 fully saturated rings. The molecule has 0 aromatic heterocycles. The lowest BCUT2D eigenvalue weighted by Crippen LogP contribution is -2.53. The van der Waals surface area contributed by atoms with Crippen molar-refractivity contribution in [2.75, 3.05) is 13.2 Å². The maximum absolute atomic E-state index is 12.7. The molecule has 1 heterocycles. The van der Waals surface area contributed by atoms with Crippen molar-refractivity contribution in [3.05, 3.63) is 29.8 Å². The van der Waals surface area contributed by atoms with Gasteiger partial charge >= 0.3 is 6.09 Å². The minimum Gasteiger partial charge on any atom is -0.444 e. The molecule has 0 aliphatic carbocycles. The molecule has 6 nitrogen and oxygen atoms in total. The summed E-state index contributed by atoms with van der Waals surface area (Å²) in [5.74, 6) is 0.0538. The third kappa shape index (κ3) is 6.71. The van der Waals surface area contributed by atoms with E-state index in [2.05, 4.69) is 20.8 Å². The van der Waals surface area contributed by atoms with E-state index in [1.165, 1.54) is 0 Å². The number of carbonyl (C=O) groups is 1. The van der Waals surface area contributed by atoms with Gasteiger partial charge in [-0.2, -0.15) is 8.42 Å². The Balaban J connectivity index is 2.06. The zero-order valence-electron chi connectivity index (χ0n) is 18.7. The molecule has 1 aliphatic heterocycles. The van der Waals surface area contributed by atoms with Gasteiger partial charge in [0.2, 0.25) is 0 Å².